The van der Waals surface area contributed by atoms with E-state index in [2.05, 4.69) is 5.32 Å². The van der Waals surface area contributed by atoms with Crippen LogP contribution in [0.4, 0.5) is 0 Å². The number of halogens is 2. The van der Waals surface area contributed by atoms with Crippen molar-refractivity contribution >= 4 is 29.1 Å². The van der Waals surface area contributed by atoms with Gasteiger partial charge in [-0.2, -0.15) is 0 Å². The van der Waals surface area contributed by atoms with Crippen LogP contribution in [0.1, 0.15) is 31.2 Å². The molecule has 2 atom stereocenters. The second kappa shape index (κ2) is 7.16. The van der Waals surface area contributed by atoms with Crippen LogP contribution in [0, 0.1) is 5.92 Å². The average Bonchev–Trinajstić information content (AvgIpc) is 2.39. The van der Waals surface area contributed by atoms with Crippen molar-refractivity contribution in [2.75, 3.05) is 6.54 Å². The molecule has 0 saturated heterocycles. The third-order valence-electron chi connectivity index (χ3n) is 3.62. The average molecular weight is 300 g/mol. The predicted octanol–water partition coefficient (Wildman–Crippen LogP) is 3.80. The molecule has 1 saturated carbocycles. The Bertz CT molecular complexity index is 436. The molecule has 2 nitrogen and oxygen atoms in total. The standard InChI is InChI=1S/C15H19Cl2NO/c16-13-6-3-4-11(8-13)10-18-15(19)9-12-5-1-2-7-14(12)17/h1-2,5,7,11,13H,3-4,6,8-10H2,(H,18,19). The summed E-state index contributed by atoms with van der Waals surface area (Å²) in [6, 6.07) is 7.46. The molecule has 104 valence electrons. The highest BCUT2D eigenvalue weighted by atomic mass is 35.5. The summed E-state index contributed by atoms with van der Waals surface area (Å²) in [7, 11) is 0. The molecule has 1 aromatic carbocycles. The van der Waals surface area contributed by atoms with Crippen LogP contribution < -0.4 is 5.32 Å². The molecule has 1 aromatic rings. The summed E-state index contributed by atoms with van der Waals surface area (Å²) < 4.78 is 0. The SMILES string of the molecule is O=C(Cc1ccccc1Cl)NCC1CCCC(Cl)C1. The lowest BCUT2D eigenvalue weighted by Gasteiger charge is -2.25. The van der Waals surface area contributed by atoms with Gasteiger partial charge in [0.15, 0.2) is 0 Å². The maximum absolute atomic E-state index is 11.9. The quantitative estimate of drug-likeness (QED) is 0.842. The molecule has 1 amide bonds. The maximum Gasteiger partial charge on any atom is 0.224 e. The van der Waals surface area contributed by atoms with Crippen LogP contribution in [0.5, 0.6) is 0 Å². The highest BCUT2D eigenvalue weighted by Gasteiger charge is 2.20. The van der Waals surface area contributed by atoms with Crippen molar-refractivity contribution in [3.05, 3.63) is 34.9 Å². The highest BCUT2D eigenvalue weighted by Crippen LogP contribution is 2.27. The molecule has 0 aromatic heterocycles. The summed E-state index contributed by atoms with van der Waals surface area (Å²) in [4.78, 5) is 11.9. The molecule has 4 heteroatoms. The van der Waals surface area contributed by atoms with E-state index in [1.54, 1.807) is 0 Å². The largest absolute Gasteiger partial charge is 0.356 e. The lowest BCUT2D eigenvalue weighted by molar-refractivity contribution is -0.120. The fraction of sp³-hybridized carbons (Fsp3) is 0.533. The van der Waals surface area contributed by atoms with Crippen LogP contribution in [-0.4, -0.2) is 17.8 Å². The molecule has 1 aliphatic carbocycles. The van der Waals surface area contributed by atoms with E-state index in [-0.39, 0.29) is 11.3 Å². The summed E-state index contributed by atoms with van der Waals surface area (Å²) in [5.41, 5.74) is 0.875. The van der Waals surface area contributed by atoms with Crippen molar-refractivity contribution in [2.45, 2.75) is 37.5 Å². The van der Waals surface area contributed by atoms with Gasteiger partial charge in [-0.15, -0.1) is 11.6 Å². The molecule has 2 unspecified atom stereocenters. The Hall–Kier alpha value is -0.730. The van der Waals surface area contributed by atoms with E-state index in [9.17, 15) is 4.79 Å². The monoisotopic (exact) mass is 299 g/mol. The van der Waals surface area contributed by atoms with Crippen LogP contribution in [0.3, 0.4) is 0 Å². The molecule has 0 radical (unpaired) electrons. The van der Waals surface area contributed by atoms with Gasteiger partial charge in [0.25, 0.3) is 0 Å². The number of carbonyl (C=O) groups excluding carboxylic acids is 1. The first-order chi connectivity index (χ1) is 9.15. The number of rotatable bonds is 4. The van der Waals surface area contributed by atoms with Gasteiger partial charge in [-0.25, -0.2) is 0 Å². The third-order valence-corrected chi connectivity index (χ3v) is 4.38. The predicted molar refractivity (Wildman–Crippen MR) is 79.8 cm³/mol. The smallest absolute Gasteiger partial charge is 0.224 e. The molecule has 1 aliphatic rings. The van der Waals surface area contributed by atoms with E-state index in [1.165, 1.54) is 6.42 Å². The minimum atomic E-state index is 0.0322. The number of amides is 1. The first-order valence-electron chi connectivity index (χ1n) is 6.79. The van der Waals surface area contributed by atoms with E-state index in [1.807, 2.05) is 24.3 Å². The minimum Gasteiger partial charge on any atom is -0.356 e. The normalized spacial score (nSPS) is 23.1. The van der Waals surface area contributed by atoms with Gasteiger partial charge < -0.3 is 5.32 Å². The van der Waals surface area contributed by atoms with E-state index < -0.39 is 0 Å². The number of carbonyl (C=O) groups is 1. The van der Waals surface area contributed by atoms with Crippen LogP contribution in [0.15, 0.2) is 24.3 Å². The first kappa shape index (κ1) is 14.7. The molecular weight excluding hydrogens is 281 g/mol. The number of hydrogen-bond donors (Lipinski definition) is 1. The first-order valence-corrected chi connectivity index (χ1v) is 7.60. The molecule has 0 aliphatic heterocycles. The number of alkyl halides is 1. The van der Waals surface area contributed by atoms with Crippen LogP contribution in [-0.2, 0) is 11.2 Å². The van der Waals surface area contributed by atoms with Crippen LogP contribution in [0.25, 0.3) is 0 Å². The molecule has 0 heterocycles. The van der Waals surface area contributed by atoms with Gasteiger partial charge >= 0.3 is 0 Å². The summed E-state index contributed by atoms with van der Waals surface area (Å²) >= 11 is 12.2. The number of nitrogens with one attached hydrogen (secondary N) is 1. The lowest BCUT2D eigenvalue weighted by Crippen LogP contribution is -2.33. The van der Waals surface area contributed by atoms with Gasteiger partial charge in [-0.3, -0.25) is 4.79 Å². The van der Waals surface area contributed by atoms with Gasteiger partial charge in [0.1, 0.15) is 0 Å². The van der Waals surface area contributed by atoms with Gasteiger partial charge in [0.2, 0.25) is 5.91 Å². The van der Waals surface area contributed by atoms with E-state index in [0.29, 0.717) is 17.4 Å². The molecule has 0 bridgehead atoms. The van der Waals surface area contributed by atoms with Gasteiger partial charge in [0, 0.05) is 16.9 Å². The van der Waals surface area contributed by atoms with Crippen LogP contribution in [0.2, 0.25) is 5.02 Å². The maximum atomic E-state index is 11.9. The van der Waals surface area contributed by atoms with Crippen molar-refractivity contribution < 1.29 is 4.79 Å². The second-order valence-electron chi connectivity index (χ2n) is 5.20. The molecule has 1 fully saturated rings. The zero-order valence-corrected chi connectivity index (χ0v) is 12.4. The minimum absolute atomic E-state index is 0.0322. The Morgan fingerprint density at radius 1 is 1.32 bits per heavy atom. The lowest BCUT2D eigenvalue weighted by atomic mass is 9.89. The fourth-order valence-electron chi connectivity index (χ4n) is 2.55. The zero-order valence-electron chi connectivity index (χ0n) is 10.9. The summed E-state index contributed by atoms with van der Waals surface area (Å²) in [5.74, 6) is 0.552. The fourth-order valence-corrected chi connectivity index (χ4v) is 3.16. The van der Waals surface area contributed by atoms with Gasteiger partial charge in [-0.1, -0.05) is 36.2 Å². The van der Waals surface area contributed by atoms with Crippen molar-refractivity contribution in [3.8, 4) is 0 Å². The molecular formula is C15H19Cl2NO. The van der Waals surface area contributed by atoms with Crippen molar-refractivity contribution in [3.63, 3.8) is 0 Å². The molecule has 1 N–H and O–H groups in total. The van der Waals surface area contributed by atoms with Gasteiger partial charge in [-0.05, 0) is 36.8 Å². The molecule has 0 spiro atoms. The van der Waals surface area contributed by atoms with E-state index in [0.717, 1.165) is 31.4 Å². The van der Waals surface area contributed by atoms with Crippen molar-refractivity contribution in [2.24, 2.45) is 5.92 Å². The van der Waals surface area contributed by atoms with Crippen molar-refractivity contribution in [1.82, 2.24) is 5.32 Å². The highest BCUT2D eigenvalue weighted by molar-refractivity contribution is 6.31. The summed E-state index contributed by atoms with van der Waals surface area (Å²) in [6.07, 6.45) is 4.78. The number of hydrogen-bond acceptors (Lipinski definition) is 1. The second-order valence-corrected chi connectivity index (χ2v) is 6.23. The zero-order chi connectivity index (χ0) is 13.7. The van der Waals surface area contributed by atoms with Crippen LogP contribution >= 0.6 is 23.2 Å². The Labute approximate surface area is 124 Å². The Morgan fingerprint density at radius 2 is 2.11 bits per heavy atom. The number of benzene rings is 1. The summed E-state index contributed by atoms with van der Waals surface area (Å²) in [5, 5.41) is 3.92. The third kappa shape index (κ3) is 4.70. The molecule has 2 rings (SSSR count). The molecule has 19 heavy (non-hydrogen) atoms. The Balaban J connectivity index is 1.77. The van der Waals surface area contributed by atoms with E-state index >= 15 is 0 Å². The Kier molecular flexibility index (Phi) is 5.53. The summed E-state index contributed by atoms with van der Waals surface area (Å²) in [6.45, 7) is 0.729. The topological polar surface area (TPSA) is 29.1 Å². The van der Waals surface area contributed by atoms with Crippen molar-refractivity contribution in [1.29, 1.82) is 0 Å². The Morgan fingerprint density at radius 3 is 2.84 bits per heavy atom. The van der Waals surface area contributed by atoms with Gasteiger partial charge in [0.05, 0.1) is 6.42 Å². The van der Waals surface area contributed by atoms with E-state index in [4.69, 9.17) is 23.2 Å².